The minimum absolute atomic E-state index is 0.0465. The predicted molar refractivity (Wildman–Crippen MR) is 88.1 cm³/mol. The fraction of sp³-hybridized carbons (Fsp3) is 0.0833. The highest BCUT2D eigenvalue weighted by Crippen LogP contribution is 2.29. The van der Waals surface area contributed by atoms with Crippen molar-refractivity contribution in [2.75, 3.05) is 16.3 Å². The molecule has 1 amide bonds. The molecule has 0 saturated carbocycles. The molecule has 3 aromatic rings. The van der Waals surface area contributed by atoms with Crippen molar-refractivity contribution < 1.29 is 17.6 Å². The molecule has 120 valence electrons. The highest BCUT2D eigenvalue weighted by molar-refractivity contribution is 7.92. The zero-order valence-corrected chi connectivity index (χ0v) is 14.0. The molecule has 2 heterocycles. The smallest absolute Gasteiger partial charge is 0.267 e. The highest BCUT2D eigenvalue weighted by Gasteiger charge is 2.15. The van der Waals surface area contributed by atoms with Gasteiger partial charge in [-0.1, -0.05) is 17.4 Å². The Hall–Kier alpha value is -2.11. The summed E-state index contributed by atoms with van der Waals surface area (Å²) in [7, 11) is -3.46. The maximum absolute atomic E-state index is 13.6. The molecular formula is C12H9FN4O3S3. The topological polar surface area (TPSA) is 101 Å². The normalized spacial score (nSPS) is 11.6. The number of aromatic nitrogens is 2. The zero-order chi connectivity index (χ0) is 16.6. The van der Waals surface area contributed by atoms with Crippen LogP contribution in [0.3, 0.4) is 0 Å². The molecule has 2 N–H and O–H groups in total. The molecule has 0 radical (unpaired) electrons. The van der Waals surface area contributed by atoms with E-state index in [2.05, 4.69) is 20.2 Å². The van der Waals surface area contributed by atoms with Crippen LogP contribution in [0.25, 0.3) is 10.1 Å². The second-order valence-corrected chi connectivity index (χ2v) is 8.31. The number of halogens is 1. The molecule has 0 aliphatic carbocycles. The summed E-state index contributed by atoms with van der Waals surface area (Å²) in [5.41, 5.74) is 0. The Kier molecular flexibility index (Phi) is 4.00. The molecule has 0 bridgehead atoms. The second kappa shape index (κ2) is 5.83. The van der Waals surface area contributed by atoms with Crippen molar-refractivity contribution in [2.24, 2.45) is 0 Å². The van der Waals surface area contributed by atoms with E-state index in [1.807, 2.05) is 0 Å². The maximum atomic E-state index is 13.6. The maximum Gasteiger partial charge on any atom is 0.267 e. The number of hydrogen-bond donors (Lipinski definition) is 2. The van der Waals surface area contributed by atoms with Gasteiger partial charge in [-0.05, 0) is 18.2 Å². The van der Waals surface area contributed by atoms with E-state index in [1.165, 1.54) is 12.1 Å². The standard InChI is InChI=1S/C12H9FN4O3S3/c1-23(19,20)17-12-16-15-11(22-12)14-10(18)9-5-6-7(13)3-2-4-8(6)21-9/h2-5H,1H3,(H,16,17)(H,14,15,18). The van der Waals surface area contributed by atoms with E-state index in [0.717, 1.165) is 28.9 Å². The number of anilines is 2. The first-order valence-corrected chi connectivity index (χ1v) is 9.65. The number of hydrogen-bond acceptors (Lipinski definition) is 7. The van der Waals surface area contributed by atoms with Crippen molar-refractivity contribution >= 4 is 59.0 Å². The number of amides is 1. The molecule has 0 atom stereocenters. The number of benzene rings is 1. The van der Waals surface area contributed by atoms with Crippen molar-refractivity contribution in [1.29, 1.82) is 0 Å². The summed E-state index contributed by atoms with van der Waals surface area (Å²) in [5.74, 6) is -0.860. The van der Waals surface area contributed by atoms with Crippen LogP contribution in [0.1, 0.15) is 9.67 Å². The Balaban J connectivity index is 1.79. The Morgan fingerprint density at radius 3 is 2.65 bits per heavy atom. The number of carbonyl (C=O) groups is 1. The summed E-state index contributed by atoms with van der Waals surface area (Å²) in [5, 5.41) is 10.4. The van der Waals surface area contributed by atoms with E-state index < -0.39 is 21.7 Å². The van der Waals surface area contributed by atoms with Crippen LogP contribution in [-0.2, 0) is 10.0 Å². The quantitative estimate of drug-likeness (QED) is 0.733. The molecule has 0 saturated heterocycles. The Morgan fingerprint density at radius 2 is 1.96 bits per heavy atom. The van der Waals surface area contributed by atoms with Gasteiger partial charge in [-0.25, -0.2) is 12.8 Å². The highest BCUT2D eigenvalue weighted by atomic mass is 32.2. The molecule has 0 fully saturated rings. The number of carbonyl (C=O) groups excluding carboxylic acids is 1. The van der Waals surface area contributed by atoms with Crippen LogP contribution < -0.4 is 10.0 Å². The fourth-order valence-electron chi connectivity index (χ4n) is 1.77. The molecule has 0 aliphatic rings. The van der Waals surface area contributed by atoms with Crippen LogP contribution in [0.15, 0.2) is 24.3 Å². The summed E-state index contributed by atoms with van der Waals surface area (Å²) in [6.07, 6.45) is 0.985. The Bertz CT molecular complexity index is 996. The average Bonchev–Trinajstić information content (AvgIpc) is 3.04. The molecular weight excluding hydrogens is 363 g/mol. The van der Waals surface area contributed by atoms with Gasteiger partial charge in [-0.2, -0.15) is 0 Å². The summed E-state index contributed by atoms with van der Waals surface area (Å²) in [4.78, 5) is 12.5. The lowest BCUT2D eigenvalue weighted by atomic mass is 10.2. The number of sulfonamides is 1. The molecule has 0 aliphatic heterocycles. The third-order valence-corrected chi connectivity index (χ3v) is 5.20. The van der Waals surface area contributed by atoms with Crippen LogP contribution in [0.5, 0.6) is 0 Å². The third-order valence-electron chi connectivity index (χ3n) is 2.65. The van der Waals surface area contributed by atoms with E-state index >= 15 is 0 Å². The van der Waals surface area contributed by atoms with E-state index in [4.69, 9.17) is 0 Å². The van der Waals surface area contributed by atoms with Crippen molar-refractivity contribution in [1.82, 2.24) is 10.2 Å². The first-order valence-electron chi connectivity index (χ1n) is 6.12. The molecule has 11 heteroatoms. The van der Waals surface area contributed by atoms with Crippen molar-refractivity contribution in [3.8, 4) is 0 Å². The molecule has 1 aromatic carbocycles. The number of rotatable bonds is 4. The molecule has 2 aromatic heterocycles. The van der Waals surface area contributed by atoms with E-state index in [-0.39, 0.29) is 10.3 Å². The molecule has 0 unspecified atom stereocenters. The summed E-state index contributed by atoms with van der Waals surface area (Å²) in [6, 6.07) is 6.08. The van der Waals surface area contributed by atoms with Gasteiger partial charge in [0, 0.05) is 10.1 Å². The van der Waals surface area contributed by atoms with E-state index in [9.17, 15) is 17.6 Å². The van der Waals surface area contributed by atoms with Gasteiger partial charge >= 0.3 is 0 Å². The van der Waals surface area contributed by atoms with Crippen LogP contribution in [0, 0.1) is 5.82 Å². The third kappa shape index (κ3) is 3.63. The van der Waals surface area contributed by atoms with Crippen LogP contribution in [0.2, 0.25) is 0 Å². The number of thiophene rings is 1. The Labute approximate surface area is 138 Å². The summed E-state index contributed by atoms with van der Waals surface area (Å²) >= 11 is 2.03. The van der Waals surface area contributed by atoms with Crippen LogP contribution in [0.4, 0.5) is 14.7 Å². The lowest BCUT2D eigenvalue weighted by Gasteiger charge is -1.97. The first-order chi connectivity index (χ1) is 10.8. The summed E-state index contributed by atoms with van der Waals surface area (Å²) < 4.78 is 38.6. The zero-order valence-electron chi connectivity index (χ0n) is 11.5. The van der Waals surface area contributed by atoms with E-state index in [1.54, 1.807) is 12.1 Å². The van der Waals surface area contributed by atoms with Gasteiger partial charge in [-0.15, -0.1) is 21.5 Å². The predicted octanol–water partition coefficient (Wildman–Crippen LogP) is 2.52. The van der Waals surface area contributed by atoms with Gasteiger partial charge in [0.1, 0.15) is 5.82 Å². The van der Waals surface area contributed by atoms with Gasteiger partial charge in [-0.3, -0.25) is 14.8 Å². The van der Waals surface area contributed by atoms with Gasteiger partial charge in [0.2, 0.25) is 20.3 Å². The minimum atomic E-state index is -3.46. The second-order valence-electron chi connectivity index (χ2n) is 4.50. The molecule has 23 heavy (non-hydrogen) atoms. The van der Waals surface area contributed by atoms with Gasteiger partial charge < -0.3 is 0 Å². The van der Waals surface area contributed by atoms with E-state index in [0.29, 0.717) is 15.0 Å². The van der Waals surface area contributed by atoms with Gasteiger partial charge in [0.05, 0.1) is 11.1 Å². The van der Waals surface area contributed by atoms with Crippen molar-refractivity contribution in [2.45, 2.75) is 0 Å². The largest absolute Gasteiger partial charge is 0.296 e. The number of nitrogens with one attached hydrogen (secondary N) is 2. The fourth-order valence-corrected chi connectivity index (χ4v) is 4.21. The molecule has 7 nitrogen and oxygen atoms in total. The van der Waals surface area contributed by atoms with Crippen molar-refractivity contribution in [3.05, 3.63) is 35.0 Å². The van der Waals surface area contributed by atoms with Crippen LogP contribution >= 0.6 is 22.7 Å². The lowest BCUT2D eigenvalue weighted by molar-refractivity contribution is 0.103. The summed E-state index contributed by atoms with van der Waals surface area (Å²) in [6.45, 7) is 0. The first kappa shape index (κ1) is 15.8. The van der Waals surface area contributed by atoms with Crippen molar-refractivity contribution in [3.63, 3.8) is 0 Å². The van der Waals surface area contributed by atoms with Gasteiger partial charge in [0.15, 0.2) is 0 Å². The van der Waals surface area contributed by atoms with Crippen LogP contribution in [-0.4, -0.2) is 30.8 Å². The monoisotopic (exact) mass is 372 g/mol. The average molecular weight is 372 g/mol. The minimum Gasteiger partial charge on any atom is -0.296 e. The Morgan fingerprint density at radius 1 is 1.22 bits per heavy atom. The molecule has 3 rings (SSSR count). The van der Waals surface area contributed by atoms with Gasteiger partial charge in [0.25, 0.3) is 5.91 Å². The molecule has 0 spiro atoms. The lowest BCUT2D eigenvalue weighted by Crippen LogP contribution is -2.09. The number of nitrogens with zero attached hydrogens (tertiary/aromatic N) is 2. The number of fused-ring (bicyclic) bond motifs is 1. The SMILES string of the molecule is CS(=O)(=O)Nc1nnc(NC(=O)c2cc3c(F)cccc3s2)s1.